The summed E-state index contributed by atoms with van der Waals surface area (Å²) in [6, 6.07) is 32.9. The Balaban J connectivity index is 1.21. The monoisotopic (exact) mass is 528 g/mol. The number of aromatic nitrogens is 3. The number of hydrogen-bond acceptors (Lipinski definition) is 5. The molecule has 196 valence electrons. The Hall–Kier alpha value is -5.34. The van der Waals surface area contributed by atoms with Crippen LogP contribution in [0.25, 0.3) is 27.9 Å². The number of nitrogens with two attached hydrogens (primary N) is 1. The lowest BCUT2D eigenvalue weighted by atomic mass is 10.0. The van der Waals surface area contributed by atoms with Crippen molar-refractivity contribution in [2.45, 2.75) is 6.54 Å². The minimum atomic E-state index is -0.266. The van der Waals surface area contributed by atoms with Gasteiger partial charge in [0.15, 0.2) is 0 Å². The molecule has 6 aromatic rings. The van der Waals surface area contributed by atoms with E-state index in [-0.39, 0.29) is 11.7 Å². The predicted molar refractivity (Wildman–Crippen MR) is 156 cm³/mol. The van der Waals surface area contributed by atoms with Gasteiger partial charge in [-0.2, -0.15) is 5.10 Å². The fraction of sp³-hybridized carbons (Fsp3) is 0.0312. The molecule has 0 aliphatic carbocycles. The molecule has 2 heterocycles. The Labute approximate surface area is 230 Å². The zero-order chi connectivity index (χ0) is 27.5. The average Bonchev–Trinajstić information content (AvgIpc) is 3.48. The summed E-state index contributed by atoms with van der Waals surface area (Å²) in [5.74, 6) is 0.0852. The summed E-state index contributed by atoms with van der Waals surface area (Å²) in [6.45, 7) is 0.432. The van der Waals surface area contributed by atoms with E-state index in [0.29, 0.717) is 23.7 Å². The Morgan fingerprint density at radius 1 is 0.800 bits per heavy atom. The first-order chi connectivity index (χ1) is 19.6. The predicted octanol–water partition coefficient (Wildman–Crippen LogP) is 6.66. The van der Waals surface area contributed by atoms with Gasteiger partial charge in [0.1, 0.15) is 5.82 Å². The molecular formula is C32H25FN6O. The molecule has 7 nitrogen and oxygen atoms in total. The molecule has 0 saturated heterocycles. The van der Waals surface area contributed by atoms with Crippen LogP contribution in [0, 0.1) is 5.82 Å². The fourth-order valence-electron chi connectivity index (χ4n) is 4.43. The van der Waals surface area contributed by atoms with E-state index in [9.17, 15) is 9.18 Å². The van der Waals surface area contributed by atoms with Gasteiger partial charge in [-0.05, 0) is 77.4 Å². The van der Waals surface area contributed by atoms with Crippen LogP contribution in [0.2, 0.25) is 0 Å². The SMILES string of the molecule is NCc1ccc(C(=O)Nc2ccc(Nc3nc(-c4ccc(-c5cccc(F)c5)cc4)cc4ccnn34)cc2)cc1. The lowest BCUT2D eigenvalue weighted by molar-refractivity contribution is 0.102. The summed E-state index contributed by atoms with van der Waals surface area (Å²) < 4.78 is 15.4. The van der Waals surface area contributed by atoms with Gasteiger partial charge in [0.25, 0.3) is 5.91 Å². The van der Waals surface area contributed by atoms with Gasteiger partial charge in [0.2, 0.25) is 5.95 Å². The second kappa shape index (κ2) is 10.8. The van der Waals surface area contributed by atoms with Gasteiger partial charge >= 0.3 is 0 Å². The fourth-order valence-corrected chi connectivity index (χ4v) is 4.43. The third-order valence-electron chi connectivity index (χ3n) is 6.57. The third kappa shape index (κ3) is 5.29. The summed E-state index contributed by atoms with van der Waals surface area (Å²) in [6.07, 6.45) is 1.72. The highest BCUT2D eigenvalue weighted by atomic mass is 19.1. The first kappa shape index (κ1) is 25.0. The first-order valence-corrected chi connectivity index (χ1v) is 12.7. The molecule has 2 aromatic heterocycles. The van der Waals surface area contributed by atoms with E-state index in [0.717, 1.165) is 39.2 Å². The molecule has 0 spiro atoms. The van der Waals surface area contributed by atoms with Crippen LogP contribution in [-0.2, 0) is 6.54 Å². The summed E-state index contributed by atoms with van der Waals surface area (Å²) in [5, 5.41) is 10.7. The van der Waals surface area contributed by atoms with E-state index in [1.54, 1.807) is 28.9 Å². The van der Waals surface area contributed by atoms with Gasteiger partial charge in [0.05, 0.1) is 17.4 Å². The molecule has 0 unspecified atom stereocenters. The first-order valence-electron chi connectivity index (χ1n) is 12.7. The maximum atomic E-state index is 13.7. The third-order valence-corrected chi connectivity index (χ3v) is 6.57. The summed E-state index contributed by atoms with van der Waals surface area (Å²) >= 11 is 0. The normalized spacial score (nSPS) is 10.9. The van der Waals surface area contributed by atoms with E-state index in [2.05, 4.69) is 15.7 Å². The second-order valence-corrected chi connectivity index (χ2v) is 9.28. The van der Waals surface area contributed by atoms with Crippen molar-refractivity contribution in [2.75, 3.05) is 10.6 Å². The lowest BCUT2D eigenvalue weighted by Crippen LogP contribution is -2.12. The molecule has 6 rings (SSSR count). The Kier molecular flexibility index (Phi) is 6.74. The number of rotatable bonds is 7. The number of benzene rings is 4. The minimum absolute atomic E-state index is 0.194. The van der Waals surface area contributed by atoms with Crippen LogP contribution in [0.15, 0.2) is 115 Å². The zero-order valence-electron chi connectivity index (χ0n) is 21.4. The topological polar surface area (TPSA) is 97.3 Å². The average molecular weight is 529 g/mol. The summed E-state index contributed by atoms with van der Waals surface area (Å²) in [5.41, 5.74) is 12.9. The largest absolute Gasteiger partial charge is 0.326 e. The van der Waals surface area contributed by atoms with Gasteiger partial charge < -0.3 is 16.4 Å². The van der Waals surface area contributed by atoms with Crippen molar-refractivity contribution in [3.05, 3.63) is 132 Å². The molecule has 0 atom stereocenters. The van der Waals surface area contributed by atoms with Crippen LogP contribution in [0.1, 0.15) is 15.9 Å². The van der Waals surface area contributed by atoms with E-state index in [4.69, 9.17) is 10.7 Å². The molecule has 8 heteroatoms. The molecule has 4 aromatic carbocycles. The number of anilines is 3. The molecule has 0 bridgehead atoms. The zero-order valence-corrected chi connectivity index (χ0v) is 21.4. The van der Waals surface area contributed by atoms with Crippen molar-refractivity contribution in [2.24, 2.45) is 5.73 Å². The molecule has 40 heavy (non-hydrogen) atoms. The minimum Gasteiger partial charge on any atom is -0.326 e. The molecular weight excluding hydrogens is 503 g/mol. The highest BCUT2D eigenvalue weighted by Crippen LogP contribution is 2.27. The molecule has 0 saturated carbocycles. The van der Waals surface area contributed by atoms with Crippen LogP contribution >= 0.6 is 0 Å². The van der Waals surface area contributed by atoms with Crippen LogP contribution in [0.3, 0.4) is 0 Å². The quantitative estimate of drug-likeness (QED) is 0.215. The van der Waals surface area contributed by atoms with Gasteiger partial charge in [-0.25, -0.2) is 13.9 Å². The smallest absolute Gasteiger partial charge is 0.255 e. The van der Waals surface area contributed by atoms with Crippen molar-refractivity contribution in [3.8, 4) is 22.4 Å². The Morgan fingerprint density at radius 2 is 1.52 bits per heavy atom. The number of carbonyl (C=O) groups excluding carboxylic acids is 1. The molecule has 4 N–H and O–H groups in total. The number of carbonyl (C=O) groups is 1. The van der Waals surface area contributed by atoms with Gasteiger partial charge in [-0.1, -0.05) is 48.5 Å². The van der Waals surface area contributed by atoms with Crippen molar-refractivity contribution in [1.29, 1.82) is 0 Å². The van der Waals surface area contributed by atoms with Gasteiger partial charge in [-0.15, -0.1) is 0 Å². The van der Waals surface area contributed by atoms with Crippen LogP contribution < -0.4 is 16.4 Å². The Bertz CT molecular complexity index is 1800. The molecule has 0 aliphatic rings. The standard InChI is InChI=1S/C32H25FN6O/c33-26-3-1-2-25(18-26)22-8-10-23(11-9-22)30-19-29-16-17-35-39(29)32(38-30)37-28-14-12-27(13-15-28)36-31(40)24-6-4-21(20-34)5-7-24/h1-19H,20,34H2,(H,36,40)(H,37,38). The molecule has 0 radical (unpaired) electrons. The van der Waals surface area contributed by atoms with Gasteiger partial charge in [-0.3, -0.25) is 4.79 Å². The molecule has 0 aliphatic heterocycles. The molecule has 0 fully saturated rings. The van der Waals surface area contributed by atoms with Crippen molar-refractivity contribution < 1.29 is 9.18 Å². The van der Waals surface area contributed by atoms with E-state index in [1.165, 1.54) is 12.1 Å². The summed E-state index contributed by atoms with van der Waals surface area (Å²) in [7, 11) is 0. The maximum absolute atomic E-state index is 13.7. The maximum Gasteiger partial charge on any atom is 0.255 e. The van der Waals surface area contributed by atoms with Gasteiger partial charge in [0, 0.05) is 29.0 Å². The molecule has 1 amide bonds. The van der Waals surface area contributed by atoms with Crippen molar-refractivity contribution >= 4 is 28.7 Å². The van der Waals surface area contributed by atoms with Crippen LogP contribution in [0.4, 0.5) is 21.7 Å². The van der Waals surface area contributed by atoms with Crippen LogP contribution in [-0.4, -0.2) is 20.5 Å². The summed E-state index contributed by atoms with van der Waals surface area (Å²) in [4.78, 5) is 17.4. The van der Waals surface area contributed by atoms with Crippen LogP contribution in [0.5, 0.6) is 0 Å². The van der Waals surface area contributed by atoms with Crippen molar-refractivity contribution in [1.82, 2.24) is 14.6 Å². The van der Waals surface area contributed by atoms with Crippen molar-refractivity contribution in [3.63, 3.8) is 0 Å². The highest BCUT2D eigenvalue weighted by Gasteiger charge is 2.11. The van der Waals surface area contributed by atoms with E-state index in [1.807, 2.05) is 78.9 Å². The Morgan fingerprint density at radius 3 is 2.25 bits per heavy atom. The van der Waals surface area contributed by atoms with E-state index >= 15 is 0 Å². The number of nitrogens with one attached hydrogen (secondary N) is 2. The number of fused-ring (bicyclic) bond motifs is 1. The number of halogens is 1. The highest BCUT2D eigenvalue weighted by molar-refractivity contribution is 6.04. The number of hydrogen-bond donors (Lipinski definition) is 3. The second-order valence-electron chi connectivity index (χ2n) is 9.28. The van der Waals surface area contributed by atoms with E-state index < -0.39 is 0 Å². The number of amides is 1. The number of nitrogens with zero attached hydrogens (tertiary/aromatic N) is 3. The lowest BCUT2D eigenvalue weighted by Gasteiger charge is -2.12.